The molecule has 1 aliphatic heterocycles. The molecule has 0 spiro atoms. The molecule has 1 aliphatic rings. The minimum absolute atomic E-state index is 0.0666. The van der Waals surface area contributed by atoms with Crippen LogP contribution in [0, 0.1) is 0 Å². The number of thiazole rings is 1. The predicted molar refractivity (Wildman–Crippen MR) is 159 cm³/mol. The van der Waals surface area contributed by atoms with Gasteiger partial charge in [0.1, 0.15) is 18.1 Å². The van der Waals surface area contributed by atoms with Crippen molar-refractivity contribution >= 4 is 44.1 Å². The topological polar surface area (TPSA) is 111 Å². The summed E-state index contributed by atoms with van der Waals surface area (Å²) < 4.78 is 17.8. The Morgan fingerprint density at radius 1 is 0.929 bits per heavy atom. The van der Waals surface area contributed by atoms with Crippen molar-refractivity contribution in [3.05, 3.63) is 114 Å². The molecule has 0 radical (unpaired) electrons. The second-order valence-electron chi connectivity index (χ2n) is 9.42. The Bertz CT molecular complexity index is 1820. The molecular formula is C32H25N3O6S. The van der Waals surface area contributed by atoms with Gasteiger partial charge in [0.15, 0.2) is 16.6 Å². The van der Waals surface area contributed by atoms with E-state index in [1.54, 1.807) is 49.6 Å². The zero-order chi connectivity index (χ0) is 29.2. The number of ether oxygens (including phenoxy) is 3. The van der Waals surface area contributed by atoms with Crippen LogP contribution in [-0.4, -0.2) is 41.0 Å². The summed E-state index contributed by atoms with van der Waals surface area (Å²) in [5, 5.41) is 11.7. The van der Waals surface area contributed by atoms with Gasteiger partial charge in [-0.25, -0.2) is 4.98 Å². The average Bonchev–Trinajstić information content (AvgIpc) is 3.57. The van der Waals surface area contributed by atoms with E-state index in [4.69, 9.17) is 14.2 Å². The van der Waals surface area contributed by atoms with Crippen LogP contribution in [-0.2, 0) is 16.2 Å². The summed E-state index contributed by atoms with van der Waals surface area (Å²) in [6, 6.07) is 22.5. The third-order valence-electron chi connectivity index (χ3n) is 6.93. The molecular weight excluding hydrogens is 554 g/mol. The molecule has 10 heteroatoms. The number of aromatic nitrogens is 2. The Kier molecular flexibility index (Phi) is 7.28. The number of methoxy groups -OCH3 is 2. The van der Waals surface area contributed by atoms with Crippen LogP contribution in [0.5, 0.6) is 17.2 Å². The lowest BCUT2D eigenvalue weighted by atomic mass is 9.95. The predicted octanol–water partition coefficient (Wildman–Crippen LogP) is 5.91. The molecule has 9 nitrogen and oxygen atoms in total. The van der Waals surface area contributed by atoms with Gasteiger partial charge in [-0.05, 0) is 53.6 Å². The molecule has 1 saturated heterocycles. The van der Waals surface area contributed by atoms with Crippen LogP contribution < -0.4 is 19.1 Å². The monoisotopic (exact) mass is 579 g/mol. The Balaban J connectivity index is 1.47. The van der Waals surface area contributed by atoms with E-state index in [1.165, 1.54) is 35.7 Å². The molecule has 5 aromatic rings. The van der Waals surface area contributed by atoms with Crippen LogP contribution in [0.4, 0.5) is 5.13 Å². The molecule has 3 aromatic carbocycles. The van der Waals surface area contributed by atoms with E-state index >= 15 is 0 Å². The maximum absolute atomic E-state index is 13.6. The number of aliphatic hydroxyl groups is 1. The van der Waals surface area contributed by atoms with Crippen molar-refractivity contribution in [1.29, 1.82) is 0 Å². The smallest absolute Gasteiger partial charge is 0.301 e. The zero-order valence-corrected chi connectivity index (χ0v) is 23.5. The number of carbonyl (C=O) groups is 2. The Hall–Kier alpha value is -5.22. The Morgan fingerprint density at radius 3 is 2.45 bits per heavy atom. The number of nitrogens with zero attached hydrogens (tertiary/aromatic N) is 3. The first-order valence-electron chi connectivity index (χ1n) is 13.0. The number of hydrogen-bond donors (Lipinski definition) is 1. The van der Waals surface area contributed by atoms with E-state index in [0.29, 0.717) is 45.6 Å². The van der Waals surface area contributed by atoms with Gasteiger partial charge in [-0.15, -0.1) is 0 Å². The SMILES string of the molecule is COc1ccc2nc(N3C(=O)C(=O)/C(=C(/O)c4ccncc4)C3c3ccc(OCc4ccccc4)c(OC)c3)sc2c1. The van der Waals surface area contributed by atoms with Gasteiger partial charge in [0.2, 0.25) is 0 Å². The lowest BCUT2D eigenvalue weighted by Crippen LogP contribution is -2.29. The fourth-order valence-electron chi connectivity index (χ4n) is 4.84. The number of carbonyl (C=O) groups excluding carboxylic acids is 2. The van der Waals surface area contributed by atoms with Gasteiger partial charge in [-0.3, -0.25) is 19.5 Å². The molecule has 0 bridgehead atoms. The number of amides is 1. The van der Waals surface area contributed by atoms with E-state index in [9.17, 15) is 14.7 Å². The van der Waals surface area contributed by atoms with Gasteiger partial charge in [0.05, 0.1) is 36.1 Å². The summed E-state index contributed by atoms with van der Waals surface area (Å²) in [6.07, 6.45) is 3.01. The second-order valence-corrected chi connectivity index (χ2v) is 10.4. The summed E-state index contributed by atoms with van der Waals surface area (Å²) in [5.74, 6) is -0.394. The number of rotatable bonds is 8. The number of aliphatic hydroxyl groups excluding tert-OH is 1. The maximum Gasteiger partial charge on any atom is 0.301 e. The standard InChI is InChI=1S/C32H25N3O6S/c1-39-22-9-10-23-26(17-22)42-32(34-23)35-28(27(30(37)31(35)38)29(36)20-12-14-33-15-13-20)21-8-11-24(25(16-21)40-2)41-18-19-6-4-3-5-7-19/h3-17,28,36H,18H2,1-2H3/b29-27+. The quantitative estimate of drug-likeness (QED) is 0.137. The largest absolute Gasteiger partial charge is 0.507 e. The molecule has 42 heavy (non-hydrogen) atoms. The number of anilines is 1. The number of benzene rings is 3. The maximum atomic E-state index is 13.6. The van der Waals surface area contributed by atoms with Gasteiger partial charge < -0.3 is 19.3 Å². The second kappa shape index (κ2) is 11.3. The summed E-state index contributed by atoms with van der Waals surface area (Å²) in [6.45, 7) is 0.326. The normalized spacial score (nSPS) is 16.1. The van der Waals surface area contributed by atoms with Crippen molar-refractivity contribution in [1.82, 2.24) is 9.97 Å². The van der Waals surface area contributed by atoms with E-state index in [0.717, 1.165) is 10.3 Å². The number of Topliss-reactive ketones (excluding diaryl/α,β-unsaturated/α-hetero) is 1. The molecule has 3 heterocycles. The average molecular weight is 580 g/mol. The van der Waals surface area contributed by atoms with Crippen LogP contribution in [0.15, 0.2) is 96.8 Å². The van der Waals surface area contributed by atoms with Crippen LogP contribution >= 0.6 is 11.3 Å². The van der Waals surface area contributed by atoms with Crippen LogP contribution in [0.25, 0.3) is 16.0 Å². The van der Waals surface area contributed by atoms with Crippen LogP contribution in [0.3, 0.4) is 0 Å². The van der Waals surface area contributed by atoms with Crippen molar-refractivity contribution in [3.63, 3.8) is 0 Å². The highest BCUT2D eigenvalue weighted by atomic mass is 32.1. The van der Waals surface area contributed by atoms with E-state index in [2.05, 4.69) is 9.97 Å². The van der Waals surface area contributed by atoms with Gasteiger partial charge in [-0.2, -0.15) is 0 Å². The Labute approximate surface area is 245 Å². The van der Waals surface area contributed by atoms with E-state index < -0.39 is 17.7 Å². The molecule has 0 saturated carbocycles. The third kappa shape index (κ3) is 4.92. The first-order valence-corrected chi connectivity index (χ1v) is 13.8. The molecule has 2 aromatic heterocycles. The lowest BCUT2D eigenvalue weighted by molar-refractivity contribution is -0.132. The van der Waals surface area contributed by atoms with Crippen LogP contribution in [0.2, 0.25) is 0 Å². The molecule has 1 fully saturated rings. The fourth-order valence-corrected chi connectivity index (χ4v) is 5.86. The summed E-state index contributed by atoms with van der Waals surface area (Å²) in [5.41, 5.74) is 2.46. The first-order chi connectivity index (χ1) is 20.5. The van der Waals surface area contributed by atoms with E-state index in [1.807, 2.05) is 36.4 Å². The molecule has 1 atom stereocenters. The number of pyridine rings is 1. The van der Waals surface area contributed by atoms with Crippen LogP contribution in [0.1, 0.15) is 22.7 Å². The number of hydrogen-bond acceptors (Lipinski definition) is 9. The van der Waals surface area contributed by atoms with Crippen molar-refractivity contribution in [2.45, 2.75) is 12.6 Å². The zero-order valence-electron chi connectivity index (χ0n) is 22.7. The Morgan fingerprint density at radius 2 is 1.71 bits per heavy atom. The van der Waals surface area contributed by atoms with Gasteiger partial charge in [-0.1, -0.05) is 47.7 Å². The first kappa shape index (κ1) is 27.0. The summed E-state index contributed by atoms with van der Waals surface area (Å²) >= 11 is 1.25. The molecule has 1 N–H and O–H groups in total. The third-order valence-corrected chi connectivity index (χ3v) is 7.95. The minimum Gasteiger partial charge on any atom is -0.507 e. The van der Waals surface area contributed by atoms with Crippen molar-refractivity contribution in [2.75, 3.05) is 19.1 Å². The fraction of sp³-hybridized carbons (Fsp3) is 0.125. The van der Waals surface area contributed by atoms with Gasteiger partial charge >= 0.3 is 5.91 Å². The van der Waals surface area contributed by atoms with Crippen molar-refractivity contribution in [2.24, 2.45) is 0 Å². The summed E-state index contributed by atoms with van der Waals surface area (Å²) in [7, 11) is 3.09. The van der Waals surface area contributed by atoms with Crippen molar-refractivity contribution < 1.29 is 28.9 Å². The molecule has 6 rings (SSSR count). The highest BCUT2D eigenvalue weighted by Crippen LogP contribution is 2.46. The minimum atomic E-state index is -0.988. The molecule has 1 amide bonds. The van der Waals surface area contributed by atoms with Crippen molar-refractivity contribution in [3.8, 4) is 17.2 Å². The van der Waals surface area contributed by atoms with E-state index in [-0.39, 0.29) is 11.3 Å². The number of ketones is 1. The van der Waals surface area contributed by atoms with Gasteiger partial charge in [0, 0.05) is 18.0 Å². The number of fused-ring (bicyclic) bond motifs is 1. The molecule has 210 valence electrons. The highest BCUT2D eigenvalue weighted by molar-refractivity contribution is 7.22. The van der Waals surface area contributed by atoms with Gasteiger partial charge in [0.25, 0.3) is 5.78 Å². The lowest BCUT2D eigenvalue weighted by Gasteiger charge is -2.24. The molecule has 1 unspecified atom stereocenters. The summed E-state index contributed by atoms with van der Waals surface area (Å²) in [4.78, 5) is 37.2. The highest BCUT2D eigenvalue weighted by Gasteiger charge is 2.48. The molecule has 0 aliphatic carbocycles.